The summed E-state index contributed by atoms with van der Waals surface area (Å²) in [6.07, 6.45) is 0. The molecule has 0 aromatic heterocycles. The highest BCUT2D eigenvalue weighted by Gasteiger charge is 2.40. The molecule has 0 radical (unpaired) electrons. The van der Waals surface area contributed by atoms with Gasteiger partial charge in [0.25, 0.3) is 5.60 Å². The minimum atomic E-state index is -2.24. The van der Waals surface area contributed by atoms with Crippen molar-refractivity contribution in [1.82, 2.24) is 0 Å². The van der Waals surface area contributed by atoms with E-state index in [2.05, 4.69) is 20.7 Å². The Labute approximate surface area is 102 Å². The van der Waals surface area contributed by atoms with Crippen molar-refractivity contribution in [2.75, 3.05) is 6.61 Å². The summed E-state index contributed by atoms with van der Waals surface area (Å²) in [5, 5.41) is 18.8. The van der Waals surface area contributed by atoms with E-state index in [1.54, 1.807) is 25.1 Å². The molecule has 4 nitrogen and oxygen atoms in total. The summed E-state index contributed by atoms with van der Waals surface area (Å²) in [6.45, 7) is 1.72. The zero-order chi connectivity index (χ0) is 12.2. The molecule has 0 aliphatic rings. The van der Waals surface area contributed by atoms with Crippen molar-refractivity contribution in [2.45, 2.75) is 12.5 Å². The fourth-order valence-electron chi connectivity index (χ4n) is 1.15. The predicted molar refractivity (Wildman–Crippen MR) is 60.3 cm³/mol. The summed E-state index contributed by atoms with van der Waals surface area (Å²) in [5.74, 6) is -0.958. The van der Waals surface area contributed by atoms with Gasteiger partial charge in [-0.25, -0.2) is 4.79 Å². The third-order valence-electron chi connectivity index (χ3n) is 1.99. The van der Waals surface area contributed by atoms with Crippen LogP contribution in [0.4, 0.5) is 0 Å². The summed E-state index contributed by atoms with van der Waals surface area (Å²) in [5.41, 5.74) is -2.05. The molecule has 0 saturated heterocycles. The molecule has 1 unspecified atom stereocenters. The Morgan fingerprint density at radius 2 is 2.12 bits per heavy atom. The maximum absolute atomic E-state index is 11.5. The lowest BCUT2D eigenvalue weighted by molar-refractivity contribution is -0.160. The topological polar surface area (TPSA) is 70.3 Å². The molecule has 0 fully saturated rings. The third kappa shape index (κ3) is 2.40. The molecule has 1 N–H and O–H groups in total. The van der Waals surface area contributed by atoms with Gasteiger partial charge in [-0.1, -0.05) is 28.1 Å². The van der Waals surface area contributed by atoms with E-state index < -0.39 is 11.6 Å². The summed E-state index contributed by atoms with van der Waals surface area (Å²) >= 11 is 3.22. The zero-order valence-electron chi connectivity index (χ0n) is 8.61. The van der Waals surface area contributed by atoms with Gasteiger partial charge in [-0.2, -0.15) is 5.26 Å². The van der Waals surface area contributed by atoms with Gasteiger partial charge in [0, 0.05) is 10.0 Å². The Morgan fingerprint density at radius 3 is 2.56 bits per heavy atom. The molecule has 5 heteroatoms. The van der Waals surface area contributed by atoms with Gasteiger partial charge in [0.1, 0.15) is 6.07 Å². The first-order valence-electron chi connectivity index (χ1n) is 4.61. The van der Waals surface area contributed by atoms with E-state index in [0.29, 0.717) is 0 Å². The van der Waals surface area contributed by atoms with Crippen LogP contribution >= 0.6 is 15.9 Å². The SMILES string of the molecule is CCOC(=O)C(O)(C#N)c1ccc(Br)cc1. The Kier molecular flexibility index (Phi) is 4.05. The average molecular weight is 284 g/mol. The number of carbonyl (C=O) groups excluding carboxylic acids is 1. The summed E-state index contributed by atoms with van der Waals surface area (Å²) in [7, 11) is 0. The minimum absolute atomic E-state index is 0.110. The number of hydrogen-bond donors (Lipinski definition) is 1. The molecule has 0 heterocycles. The van der Waals surface area contributed by atoms with Gasteiger partial charge in [0.2, 0.25) is 0 Å². The van der Waals surface area contributed by atoms with Gasteiger partial charge in [0.05, 0.1) is 6.61 Å². The van der Waals surface area contributed by atoms with Crippen LogP contribution in [0.5, 0.6) is 0 Å². The molecule has 16 heavy (non-hydrogen) atoms. The number of carbonyl (C=O) groups is 1. The lowest BCUT2D eigenvalue weighted by Crippen LogP contribution is -2.35. The lowest BCUT2D eigenvalue weighted by atomic mass is 9.96. The third-order valence-corrected chi connectivity index (χ3v) is 2.52. The highest BCUT2D eigenvalue weighted by atomic mass is 79.9. The van der Waals surface area contributed by atoms with Gasteiger partial charge in [-0.05, 0) is 19.1 Å². The van der Waals surface area contributed by atoms with Crippen molar-refractivity contribution in [3.8, 4) is 6.07 Å². The smallest absolute Gasteiger partial charge is 0.358 e. The quantitative estimate of drug-likeness (QED) is 0.677. The molecule has 84 valence electrons. The first kappa shape index (κ1) is 12.7. The van der Waals surface area contributed by atoms with Crippen LogP contribution in [0.1, 0.15) is 12.5 Å². The van der Waals surface area contributed by atoms with Crippen molar-refractivity contribution in [3.05, 3.63) is 34.3 Å². The van der Waals surface area contributed by atoms with Crippen LogP contribution < -0.4 is 0 Å². The van der Waals surface area contributed by atoms with E-state index in [-0.39, 0.29) is 12.2 Å². The number of nitrogens with zero attached hydrogens (tertiary/aromatic N) is 1. The van der Waals surface area contributed by atoms with Crippen LogP contribution in [0.25, 0.3) is 0 Å². The second-order valence-corrected chi connectivity index (χ2v) is 3.97. The zero-order valence-corrected chi connectivity index (χ0v) is 10.2. The summed E-state index contributed by atoms with van der Waals surface area (Å²) < 4.78 is 5.45. The molecule has 0 aliphatic carbocycles. The van der Waals surface area contributed by atoms with E-state index in [4.69, 9.17) is 5.26 Å². The van der Waals surface area contributed by atoms with Crippen LogP contribution in [-0.2, 0) is 15.1 Å². The number of aliphatic hydroxyl groups is 1. The Balaban J connectivity index is 3.10. The normalized spacial score (nSPS) is 13.6. The van der Waals surface area contributed by atoms with Crippen molar-refractivity contribution in [1.29, 1.82) is 5.26 Å². The highest BCUT2D eigenvalue weighted by molar-refractivity contribution is 9.10. The van der Waals surface area contributed by atoms with Gasteiger partial charge in [0.15, 0.2) is 0 Å². The van der Waals surface area contributed by atoms with E-state index in [0.717, 1.165) is 4.47 Å². The van der Waals surface area contributed by atoms with Crippen LogP contribution in [0, 0.1) is 11.3 Å². The van der Waals surface area contributed by atoms with E-state index >= 15 is 0 Å². The number of benzene rings is 1. The molecule has 0 saturated carbocycles. The van der Waals surface area contributed by atoms with Crippen molar-refractivity contribution in [2.24, 2.45) is 0 Å². The maximum atomic E-state index is 11.5. The van der Waals surface area contributed by atoms with Gasteiger partial charge in [-0.3, -0.25) is 0 Å². The van der Waals surface area contributed by atoms with Crippen LogP contribution in [0.3, 0.4) is 0 Å². The first-order valence-corrected chi connectivity index (χ1v) is 5.40. The number of nitriles is 1. The van der Waals surface area contributed by atoms with E-state index in [1.807, 2.05) is 0 Å². The fourth-order valence-corrected chi connectivity index (χ4v) is 1.42. The Bertz CT molecular complexity index is 424. The van der Waals surface area contributed by atoms with E-state index in [1.165, 1.54) is 12.1 Å². The van der Waals surface area contributed by atoms with E-state index in [9.17, 15) is 9.90 Å². The molecule has 0 spiro atoms. The number of rotatable bonds is 3. The summed E-state index contributed by atoms with van der Waals surface area (Å²) in [6, 6.07) is 7.82. The molecule has 0 bridgehead atoms. The molecule has 1 rings (SSSR count). The largest absolute Gasteiger partial charge is 0.463 e. The average Bonchev–Trinajstić information content (AvgIpc) is 2.29. The second-order valence-electron chi connectivity index (χ2n) is 3.05. The first-order chi connectivity index (χ1) is 7.54. The van der Waals surface area contributed by atoms with Crippen LogP contribution in [0.2, 0.25) is 0 Å². The Hall–Kier alpha value is -1.38. The van der Waals surface area contributed by atoms with Gasteiger partial charge < -0.3 is 9.84 Å². The molecule has 0 aliphatic heterocycles. The number of esters is 1. The van der Waals surface area contributed by atoms with Crippen molar-refractivity contribution in [3.63, 3.8) is 0 Å². The maximum Gasteiger partial charge on any atom is 0.358 e. The van der Waals surface area contributed by atoms with Crippen molar-refractivity contribution < 1.29 is 14.6 Å². The molecular weight excluding hydrogens is 274 g/mol. The number of halogens is 1. The highest BCUT2D eigenvalue weighted by Crippen LogP contribution is 2.23. The number of hydrogen-bond acceptors (Lipinski definition) is 4. The summed E-state index contributed by atoms with van der Waals surface area (Å²) in [4.78, 5) is 11.5. The molecule has 1 atom stereocenters. The number of ether oxygens (including phenoxy) is 1. The van der Waals surface area contributed by atoms with Crippen molar-refractivity contribution >= 4 is 21.9 Å². The second kappa shape index (κ2) is 5.10. The monoisotopic (exact) mass is 283 g/mol. The molecule has 1 aromatic carbocycles. The molecule has 0 amide bonds. The van der Waals surface area contributed by atoms with Gasteiger partial charge in [-0.15, -0.1) is 0 Å². The Morgan fingerprint density at radius 1 is 1.56 bits per heavy atom. The minimum Gasteiger partial charge on any atom is -0.463 e. The molecule has 1 aromatic rings. The molecular formula is C11H10BrNO3. The predicted octanol–water partition coefficient (Wildman–Crippen LogP) is 1.72. The van der Waals surface area contributed by atoms with Crippen LogP contribution in [0.15, 0.2) is 28.7 Å². The fraction of sp³-hybridized carbons (Fsp3) is 0.273. The lowest BCUT2D eigenvalue weighted by Gasteiger charge is -2.18. The van der Waals surface area contributed by atoms with Crippen LogP contribution in [-0.4, -0.2) is 17.7 Å². The standard InChI is InChI=1S/C11H10BrNO3/c1-2-16-10(14)11(15,7-13)8-3-5-9(12)6-4-8/h3-6,15H,2H2,1H3. The van der Waals surface area contributed by atoms with Gasteiger partial charge >= 0.3 is 5.97 Å².